The van der Waals surface area contributed by atoms with Crippen LogP contribution in [0.4, 0.5) is 0 Å². The van der Waals surface area contributed by atoms with Gasteiger partial charge < -0.3 is 15.0 Å². The van der Waals surface area contributed by atoms with Crippen LogP contribution < -0.4 is 5.32 Å². The molecule has 0 aromatic heterocycles. The first-order valence-electron chi connectivity index (χ1n) is 8.42. The average Bonchev–Trinajstić information content (AvgIpc) is 2.93. The lowest BCUT2D eigenvalue weighted by atomic mass is 9.94. The Balaban J connectivity index is 2.62. The molecule has 0 aromatic carbocycles. The van der Waals surface area contributed by atoms with Gasteiger partial charge in [-0.05, 0) is 45.4 Å². The van der Waals surface area contributed by atoms with E-state index in [9.17, 15) is 4.79 Å². The Hall–Kier alpha value is -1.39. The first-order valence-corrected chi connectivity index (χ1v) is 8.42. The minimum absolute atomic E-state index is 0.0478. The van der Waals surface area contributed by atoms with Gasteiger partial charge in [-0.3, -0.25) is 4.79 Å². The summed E-state index contributed by atoms with van der Waals surface area (Å²) in [6.07, 6.45) is 8.40. The number of likely N-dealkylation sites (tertiary alicyclic amines) is 1. The molecule has 23 heavy (non-hydrogen) atoms. The van der Waals surface area contributed by atoms with Crippen molar-refractivity contribution in [3.63, 3.8) is 0 Å². The van der Waals surface area contributed by atoms with Crippen molar-refractivity contribution in [1.82, 2.24) is 10.2 Å². The molecule has 1 aliphatic rings. The lowest BCUT2D eigenvalue weighted by Gasteiger charge is -2.32. The number of likely N-dealkylation sites (N-methyl/N-ethyl adjacent to an activating group) is 1. The van der Waals surface area contributed by atoms with Crippen molar-refractivity contribution >= 4 is 5.91 Å². The number of nitrogens with one attached hydrogen (secondary N) is 1. The quantitative estimate of drug-likeness (QED) is 0.664. The zero-order valence-corrected chi connectivity index (χ0v) is 15.0. The number of nitrogens with zero attached hydrogens (tertiary/aromatic N) is 1. The molecule has 0 aliphatic carbocycles. The van der Waals surface area contributed by atoms with E-state index in [-0.39, 0.29) is 24.0 Å². The van der Waals surface area contributed by atoms with E-state index in [1.165, 1.54) is 6.42 Å². The van der Waals surface area contributed by atoms with Gasteiger partial charge in [-0.2, -0.15) is 0 Å². The molecule has 0 spiro atoms. The predicted octanol–water partition coefficient (Wildman–Crippen LogP) is 2.92. The summed E-state index contributed by atoms with van der Waals surface area (Å²) in [4.78, 5) is 14.9. The molecule has 1 rings (SSSR count). The Morgan fingerprint density at radius 1 is 1.43 bits per heavy atom. The predicted molar refractivity (Wildman–Crippen MR) is 96.3 cm³/mol. The molecule has 4 nitrogen and oxygen atoms in total. The second-order valence-electron chi connectivity index (χ2n) is 6.47. The smallest absolute Gasteiger partial charge is 0.225 e. The van der Waals surface area contributed by atoms with Crippen molar-refractivity contribution in [3.05, 3.63) is 37.0 Å². The van der Waals surface area contributed by atoms with Gasteiger partial charge in [0.2, 0.25) is 5.91 Å². The van der Waals surface area contributed by atoms with E-state index in [1.54, 1.807) is 19.3 Å². The lowest BCUT2D eigenvalue weighted by Crippen LogP contribution is -2.48. The third-order valence-corrected chi connectivity index (χ3v) is 4.66. The Bertz CT molecular complexity index is 445. The average molecular weight is 320 g/mol. The third kappa shape index (κ3) is 5.63. The number of carbonyl (C=O) groups excluding carboxylic acids is 1. The first-order chi connectivity index (χ1) is 10.9. The molecule has 130 valence electrons. The molecule has 1 N–H and O–H groups in total. The van der Waals surface area contributed by atoms with E-state index >= 15 is 0 Å². The van der Waals surface area contributed by atoms with E-state index in [0.717, 1.165) is 25.0 Å². The van der Waals surface area contributed by atoms with Gasteiger partial charge in [0.05, 0.1) is 12.0 Å². The van der Waals surface area contributed by atoms with Gasteiger partial charge in [-0.15, -0.1) is 0 Å². The zero-order chi connectivity index (χ0) is 17.4. The number of allylic oxidation sites excluding steroid dienone is 3. The fourth-order valence-electron chi connectivity index (χ4n) is 3.34. The van der Waals surface area contributed by atoms with Crippen LogP contribution in [0.25, 0.3) is 0 Å². The van der Waals surface area contributed by atoms with Crippen molar-refractivity contribution in [1.29, 1.82) is 0 Å². The summed E-state index contributed by atoms with van der Waals surface area (Å²) in [7, 11) is 3.81. The van der Waals surface area contributed by atoms with Crippen LogP contribution in [0.5, 0.6) is 0 Å². The summed E-state index contributed by atoms with van der Waals surface area (Å²) in [5.74, 6) is -0.129. The van der Waals surface area contributed by atoms with Gasteiger partial charge in [0.15, 0.2) is 0 Å². The molecule has 4 atom stereocenters. The zero-order valence-electron chi connectivity index (χ0n) is 15.0. The number of hydrogen-bond acceptors (Lipinski definition) is 3. The molecule has 1 aliphatic heterocycles. The molecule has 1 saturated heterocycles. The number of methoxy groups -OCH3 is 1. The van der Waals surface area contributed by atoms with Crippen LogP contribution in [-0.2, 0) is 9.53 Å². The molecular formula is C19H32N2O2. The molecule has 0 aromatic rings. The highest BCUT2D eigenvalue weighted by molar-refractivity contribution is 5.79. The van der Waals surface area contributed by atoms with Crippen LogP contribution >= 0.6 is 0 Å². The van der Waals surface area contributed by atoms with Crippen LogP contribution in [0.2, 0.25) is 0 Å². The van der Waals surface area contributed by atoms with E-state index in [2.05, 4.69) is 30.4 Å². The van der Waals surface area contributed by atoms with Crippen molar-refractivity contribution in [2.75, 3.05) is 20.7 Å². The summed E-state index contributed by atoms with van der Waals surface area (Å²) < 4.78 is 5.67. The number of rotatable bonds is 9. The van der Waals surface area contributed by atoms with Crippen molar-refractivity contribution in [3.8, 4) is 0 Å². The highest BCUT2D eigenvalue weighted by Crippen LogP contribution is 2.24. The molecule has 0 bridgehead atoms. The number of ether oxygens (including phenoxy) is 1. The molecule has 0 radical (unpaired) electrons. The Kier molecular flexibility index (Phi) is 8.28. The highest BCUT2D eigenvalue weighted by atomic mass is 16.5. The van der Waals surface area contributed by atoms with Crippen LogP contribution in [0.3, 0.4) is 0 Å². The fourth-order valence-corrected chi connectivity index (χ4v) is 3.34. The molecule has 1 fully saturated rings. The van der Waals surface area contributed by atoms with Gasteiger partial charge >= 0.3 is 0 Å². The SMILES string of the molecule is C=C/C=C(\C=C)CC(C)NC(=O)C(C)C(OC)C1CCCN1C. The monoisotopic (exact) mass is 320 g/mol. The highest BCUT2D eigenvalue weighted by Gasteiger charge is 2.36. The maximum Gasteiger partial charge on any atom is 0.225 e. The molecular weight excluding hydrogens is 288 g/mol. The van der Waals surface area contributed by atoms with E-state index in [4.69, 9.17) is 4.74 Å². The first kappa shape index (κ1) is 19.7. The molecule has 4 unspecified atom stereocenters. The van der Waals surface area contributed by atoms with Crippen molar-refractivity contribution < 1.29 is 9.53 Å². The molecule has 1 amide bonds. The standard InChI is InChI=1S/C19H32N2O2/c1-7-10-16(8-2)13-14(3)20-19(22)15(4)18(23-6)17-11-9-12-21(17)5/h7-8,10,14-15,17-18H,1-2,9,11-13H2,3-6H3,(H,20,22)/b16-10+. The fraction of sp³-hybridized carbons (Fsp3) is 0.632. The largest absolute Gasteiger partial charge is 0.379 e. The van der Waals surface area contributed by atoms with Gasteiger partial charge in [0.1, 0.15) is 0 Å². The third-order valence-electron chi connectivity index (χ3n) is 4.66. The minimum atomic E-state index is -0.177. The normalized spacial score (nSPS) is 23.1. The number of carbonyl (C=O) groups is 1. The number of amides is 1. The Labute approximate surface area is 141 Å². The van der Waals surface area contributed by atoms with Crippen LogP contribution in [-0.4, -0.2) is 49.7 Å². The van der Waals surface area contributed by atoms with Gasteiger partial charge in [0.25, 0.3) is 0 Å². The summed E-state index contributed by atoms with van der Waals surface area (Å²) in [5, 5.41) is 3.10. The maximum absolute atomic E-state index is 12.6. The second-order valence-corrected chi connectivity index (χ2v) is 6.47. The number of hydrogen-bond donors (Lipinski definition) is 1. The Morgan fingerprint density at radius 2 is 2.13 bits per heavy atom. The van der Waals surface area contributed by atoms with Gasteiger partial charge in [-0.1, -0.05) is 38.3 Å². The summed E-state index contributed by atoms with van der Waals surface area (Å²) in [6, 6.07) is 0.369. The van der Waals surface area contributed by atoms with Crippen molar-refractivity contribution in [2.45, 2.75) is 51.3 Å². The summed E-state index contributed by atoms with van der Waals surface area (Å²) in [5.41, 5.74) is 1.07. The summed E-state index contributed by atoms with van der Waals surface area (Å²) >= 11 is 0. The second kappa shape index (κ2) is 9.68. The lowest BCUT2D eigenvalue weighted by molar-refractivity contribution is -0.131. The van der Waals surface area contributed by atoms with E-state index < -0.39 is 0 Å². The van der Waals surface area contributed by atoms with Gasteiger partial charge in [-0.25, -0.2) is 0 Å². The summed E-state index contributed by atoms with van der Waals surface area (Å²) in [6.45, 7) is 12.5. The van der Waals surface area contributed by atoms with Crippen LogP contribution in [0, 0.1) is 5.92 Å². The van der Waals surface area contributed by atoms with E-state index in [1.807, 2.05) is 19.9 Å². The Morgan fingerprint density at radius 3 is 2.61 bits per heavy atom. The molecule has 0 saturated carbocycles. The topological polar surface area (TPSA) is 41.6 Å². The van der Waals surface area contributed by atoms with Gasteiger partial charge in [0, 0.05) is 19.2 Å². The molecule has 4 heteroatoms. The van der Waals surface area contributed by atoms with E-state index in [0.29, 0.717) is 6.04 Å². The van der Waals surface area contributed by atoms with Crippen LogP contribution in [0.15, 0.2) is 37.0 Å². The minimum Gasteiger partial charge on any atom is -0.379 e. The molecule has 1 heterocycles. The van der Waals surface area contributed by atoms with Crippen LogP contribution in [0.1, 0.15) is 33.1 Å². The maximum atomic E-state index is 12.6. The van der Waals surface area contributed by atoms with Crippen molar-refractivity contribution in [2.24, 2.45) is 5.92 Å².